The SMILES string of the molecule is CN1CC(=O)N(CCCC(=O)NCC2(N3CCCCC3)CCCCC2)C1=O. The van der Waals surface area contributed by atoms with Crippen LogP contribution in [0.1, 0.15) is 64.2 Å². The van der Waals surface area contributed by atoms with Gasteiger partial charge in [-0.05, 0) is 45.2 Å². The largest absolute Gasteiger partial charge is 0.354 e. The summed E-state index contributed by atoms with van der Waals surface area (Å²) in [5.41, 5.74) is 0.137. The number of nitrogens with zero attached hydrogens (tertiary/aromatic N) is 3. The van der Waals surface area contributed by atoms with E-state index >= 15 is 0 Å². The number of amides is 4. The lowest BCUT2D eigenvalue weighted by Crippen LogP contribution is -2.58. The summed E-state index contributed by atoms with van der Waals surface area (Å²) in [6, 6.07) is -0.258. The third-order valence-electron chi connectivity index (χ3n) is 6.44. The topological polar surface area (TPSA) is 73.0 Å². The normalized spacial score (nSPS) is 23.7. The molecule has 0 atom stereocenters. The van der Waals surface area contributed by atoms with Crippen LogP contribution >= 0.6 is 0 Å². The van der Waals surface area contributed by atoms with Gasteiger partial charge in [-0.15, -0.1) is 0 Å². The molecule has 2 heterocycles. The first-order valence-corrected chi connectivity index (χ1v) is 10.6. The number of hydrogen-bond acceptors (Lipinski definition) is 4. The molecule has 152 valence electrons. The number of rotatable bonds is 7. The lowest BCUT2D eigenvalue weighted by Gasteiger charge is -2.48. The Kier molecular flexibility index (Phi) is 6.73. The van der Waals surface area contributed by atoms with Gasteiger partial charge in [0.1, 0.15) is 6.54 Å². The molecule has 0 aromatic carbocycles. The van der Waals surface area contributed by atoms with Crippen LogP contribution in [-0.2, 0) is 9.59 Å². The van der Waals surface area contributed by atoms with Gasteiger partial charge in [0, 0.05) is 32.1 Å². The Balaban J connectivity index is 1.45. The number of piperidine rings is 1. The third kappa shape index (κ3) is 4.81. The summed E-state index contributed by atoms with van der Waals surface area (Å²) < 4.78 is 0. The third-order valence-corrected chi connectivity index (χ3v) is 6.44. The van der Waals surface area contributed by atoms with Crippen molar-refractivity contribution in [2.45, 2.75) is 69.7 Å². The molecule has 2 saturated heterocycles. The van der Waals surface area contributed by atoms with Gasteiger partial charge >= 0.3 is 6.03 Å². The maximum absolute atomic E-state index is 12.4. The van der Waals surface area contributed by atoms with Gasteiger partial charge in [-0.1, -0.05) is 25.7 Å². The van der Waals surface area contributed by atoms with Crippen molar-refractivity contribution in [2.75, 3.05) is 39.8 Å². The second-order valence-electron chi connectivity index (χ2n) is 8.40. The molecule has 0 aromatic heterocycles. The van der Waals surface area contributed by atoms with E-state index in [9.17, 15) is 14.4 Å². The lowest BCUT2D eigenvalue weighted by molar-refractivity contribution is -0.126. The van der Waals surface area contributed by atoms with E-state index in [1.165, 1.54) is 61.2 Å². The van der Waals surface area contributed by atoms with Crippen LogP contribution in [0.4, 0.5) is 4.79 Å². The zero-order valence-corrected chi connectivity index (χ0v) is 16.7. The number of hydrogen-bond donors (Lipinski definition) is 1. The predicted octanol–water partition coefficient (Wildman–Crippen LogP) is 1.97. The van der Waals surface area contributed by atoms with Gasteiger partial charge in [-0.3, -0.25) is 19.4 Å². The zero-order valence-electron chi connectivity index (χ0n) is 16.7. The van der Waals surface area contributed by atoms with Crippen LogP contribution < -0.4 is 5.32 Å². The molecule has 0 radical (unpaired) electrons. The highest BCUT2D eigenvalue weighted by atomic mass is 16.2. The summed E-state index contributed by atoms with van der Waals surface area (Å²) in [7, 11) is 1.62. The van der Waals surface area contributed by atoms with E-state index in [2.05, 4.69) is 10.2 Å². The smallest absolute Gasteiger partial charge is 0.326 e. The number of imide groups is 1. The molecule has 3 fully saturated rings. The molecule has 27 heavy (non-hydrogen) atoms. The molecule has 3 rings (SSSR count). The highest BCUT2D eigenvalue weighted by Crippen LogP contribution is 2.35. The fourth-order valence-electron chi connectivity index (χ4n) is 4.82. The van der Waals surface area contributed by atoms with Crippen LogP contribution in [-0.4, -0.2) is 77.9 Å². The average Bonchev–Trinajstić information content (AvgIpc) is 2.94. The number of carbonyl (C=O) groups excluding carboxylic acids is 3. The van der Waals surface area contributed by atoms with Gasteiger partial charge in [-0.2, -0.15) is 0 Å². The molecular weight excluding hydrogens is 344 g/mol. The highest BCUT2D eigenvalue weighted by Gasteiger charge is 2.38. The van der Waals surface area contributed by atoms with Crippen molar-refractivity contribution in [1.82, 2.24) is 20.0 Å². The van der Waals surface area contributed by atoms with Crippen molar-refractivity contribution in [3.05, 3.63) is 0 Å². The van der Waals surface area contributed by atoms with E-state index in [1.54, 1.807) is 7.05 Å². The van der Waals surface area contributed by atoms with Crippen LogP contribution in [0.25, 0.3) is 0 Å². The Morgan fingerprint density at radius 1 is 1.04 bits per heavy atom. The highest BCUT2D eigenvalue weighted by molar-refractivity contribution is 6.01. The zero-order chi connectivity index (χ0) is 19.3. The molecule has 7 nitrogen and oxygen atoms in total. The second-order valence-corrected chi connectivity index (χ2v) is 8.40. The standard InChI is InChI=1S/C20H34N4O3/c1-22-15-18(26)24(19(22)27)14-8-9-17(25)21-16-20(10-4-2-5-11-20)23-12-6-3-7-13-23/h2-16H2,1H3,(H,21,25). The maximum Gasteiger partial charge on any atom is 0.326 e. The Hall–Kier alpha value is -1.63. The fourth-order valence-corrected chi connectivity index (χ4v) is 4.82. The van der Waals surface area contributed by atoms with Crippen molar-refractivity contribution in [1.29, 1.82) is 0 Å². The molecule has 1 N–H and O–H groups in total. The van der Waals surface area contributed by atoms with Gasteiger partial charge in [0.2, 0.25) is 11.8 Å². The molecule has 0 bridgehead atoms. The van der Waals surface area contributed by atoms with Crippen LogP contribution in [0, 0.1) is 0 Å². The van der Waals surface area contributed by atoms with E-state index in [4.69, 9.17) is 0 Å². The molecule has 1 aliphatic carbocycles. The van der Waals surface area contributed by atoms with Crippen LogP contribution in [0.2, 0.25) is 0 Å². The van der Waals surface area contributed by atoms with Gasteiger partial charge < -0.3 is 10.2 Å². The molecular formula is C20H34N4O3. The maximum atomic E-state index is 12.4. The molecule has 2 aliphatic heterocycles. The molecule has 0 spiro atoms. The molecule has 0 unspecified atom stereocenters. The van der Waals surface area contributed by atoms with Crippen molar-refractivity contribution in [3.63, 3.8) is 0 Å². The van der Waals surface area contributed by atoms with Crippen LogP contribution in [0.15, 0.2) is 0 Å². The van der Waals surface area contributed by atoms with E-state index in [1.807, 2.05) is 0 Å². The molecule has 7 heteroatoms. The Morgan fingerprint density at radius 2 is 1.70 bits per heavy atom. The molecule has 3 aliphatic rings. The minimum absolute atomic E-state index is 0.0319. The van der Waals surface area contributed by atoms with Crippen molar-refractivity contribution in [2.24, 2.45) is 0 Å². The number of likely N-dealkylation sites (N-methyl/N-ethyl adjacent to an activating group) is 1. The van der Waals surface area contributed by atoms with Crippen LogP contribution in [0.3, 0.4) is 0 Å². The Bertz CT molecular complexity index is 553. The van der Waals surface area contributed by atoms with Crippen molar-refractivity contribution < 1.29 is 14.4 Å². The van der Waals surface area contributed by atoms with E-state index < -0.39 is 0 Å². The monoisotopic (exact) mass is 378 g/mol. The minimum atomic E-state index is -0.258. The van der Waals surface area contributed by atoms with E-state index in [0.717, 1.165) is 19.6 Å². The quantitative estimate of drug-likeness (QED) is 0.688. The molecule has 1 saturated carbocycles. The van der Waals surface area contributed by atoms with Crippen molar-refractivity contribution >= 4 is 17.8 Å². The predicted molar refractivity (Wildman–Crippen MR) is 103 cm³/mol. The number of carbonyl (C=O) groups is 3. The summed E-state index contributed by atoms with van der Waals surface area (Å²) in [5, 5.41) is 3.17. The fraction of sp³-hybridized carbons (Fsp3) is 0.850. The lowest BCUT2D eigenvalue weighted by atomic mass is 9.79. The van der Waals surface area contributed by atoms with E-state index in [-0.39, 0.29) is 29.9 Å². The summed E-state index contributed by atoms with van der Waals surface area (Å²) in [5.74, 6) is -0.140. The number of urea groups is 1. The van der Waals surface area contributed by atoms with E-state index in [0.29, 0.717) is 19.4 Å². The van der Waals surface area contributed by atoms with Crippen LogP contribution in [0.5, 0.6) is 0 Å². The molecule has 4 amide bonds. The summed E-state index contributed by atoms with van der Waals surface area (Å²) in [6.07, 6.45) is 10.9. The second kappa shape index (κ2) is 9.04. The first-order chi connectivity index (χ1) is 13.0. The van der Waals surface area contributed by atoms with Gasteiger partial charge in [0.25, 0.3) is 0 Å². The summed E-state index contributed by atoms with van der Waals surface area (Å²) >= 11 is 0. The average molecular weight is 379 g/mol. The Morgan fingerprint density at radius 3 is 2.33 bits per heavy atom. The number of nitrogens with one attached hydrogen (secondary N) is 1. The first-order valence-electron chi connectivity index (χ1n) is 10.6. The first kappa shape index (κ1) is 20.1. The van der Waals surface area contributed by atoms with Gasteiger partial charge in [0.05, 0.1) is 0 Å². The van der Waals surface area contributed by atoms with Crippen molar-refractivity contribution in [3.8, 4) is 0 Å². The minimum Gasteiger partial charge on any atom is -0.354 e. The van der Waals surface area contributed by atoms with Gasteiger partial charge in [0.15, 0.2) is 0 Å². The van der Waals surface area contributed by atoms with Gasteiger partial charge in [-0.25, -0.2) is 4.79 Å². The molecule has 0 aromatic rings. The number of likely N-dealkylation sites (tertiary alicyclic amines) is 1. The Labute approximate surface area is 162 Å². The summed E-state index contributed by atoms with van der Waals surface area (Å²) in [6.45, 7) is 3.51. The summed E-state index contributed by atoms with van der Waals surface area (Å²) in [4.78, 5) is 41.3.